The average molecular weight is 492 g/mol. The number of thiocarbonyl (C=S) groups is 1. The largest absolute Gasteiger partial charge is 0.345 e. The molecule has 8 heteroatoms. The molecule has 3 aromatic rings. The number of anilines is 1. The molecule has 0 spiro atoms. The molecule has 2 aromatic carbocycles. The Labute approximate surface area is 201 Å². The molecule has 0 atom stereocenters. The Morgan fingerprint density at radius 2 is 1.68 bits per heavy atom. The number of amides is 1. The number of thiophene rings is 1. The van der Waals surface area contributed by atoms with Crippen LogP contribution in [-0.2, 0) is 0 Å². The van der Waals surface area contributed by atoms with Gasteiger partial charge in [0.05, 0.1) is 5.02 Å². The molecule has 162 valence electrons. The van der Waals surface area contributed by atoms with Crippen LogP contribution in [0.25, 0.3) is 10.1 Å². The van der Waals surface area contributed by atoms with Gasteiger partial charge in [-0.15, -0.1) is 11.3 Å². The number of carbonyl (C=O) groups excluding carboxylic acids is 1. The van der Waals surface area contributed by atoms with Crippen molar-refractivity contribution in [2.24, 2.45) is 0 Å². The summed E-state index contributed by atoms with van der Waals surface area (Å²) in [4.78, 5) is 17.6. The molecule has 1 N–H and O–H groups in total. The molecular weight excluding hydrogens is 469 g/mol. The van der Waals surface area contributed by atoms with Crippen molar-refractivity contribution in [3.8, 4) is 0 Å². The van der Waals surface area contributed by atoms with E-state index in [1.165, 1.54) is 16.9 Å². The first-order valence-corrected chi connectivity index (χ1v) is 12.1. The van der Waals surface area contributed by atoms with Gasteiger partial charge in [0, 0.05) is 47.0 Å². The van der Waals surface area contributed by atoms with Gasteiger partial charge in [-0.05, 0) is 48.0 Å². The van der Waals surface area contributed by atoms with Gasteiger partial charge >= 0.3 is 0 Å². The number of benzene rings is 2. The highest BCUT2D eigenvalue weighted by Crippen LogP contribution is 2.37. The topological polar surface area (TPSA) is 35.6 Å². The van der Waals surface area contributed by atoms with E-state index in [1.807, 2.05) is 17.0 Å². The Bertz CT molecular complexity index is 1120. The number of piperazine rings is 1. The second-order valence-corrected chi connectivity index (χ2v) is 10.1. The Kier molecular flexibility index (Phi) is 6.72. The van der Waals surface area contributed by atoms with Gasteiger partial charge in [0.25, 0.3) is 5.91 Å². The molecule has 1 aliphatic rings. The van der Waals surface area contributed by atoms with Crippen LogP contribution in [0.4, 0.5) is 5.69 Å². The van der Waals surface area contributed by atoms with Gasteiger partial charge in [-0.1, -0.05) is 55.2 Å². The zero-order valence-electron chi connectivity index (χ0n) is 17.3. The van der Waals surface area contributed by atoms with Crippen LogP contribution >= 0.6 is 46.8 Å². The quantitative estimate of drug-likeness (QED) is 0.424. The molecule has 0 bridgehead atoms. The lowest BCUT2D eigenvalue weighted by molar-refractivity contribution is 0.0698. The first-order valence-electron chi connectivity index (χ1n) is 10.2. The number of nitrogens with one attached hydrogen (secondary N) is 1. The van der Waals surface area contributed by atoms with Crippen LogP contribution in [0.1, 0.15) is 35.0 Å². The predicted octanol–water partition coefficient (Wildman–Crippen LogP) is 6.49. The van der Waals surface area contributed by atoms with Crippen LogP contribution in [0, 0.1) is 0 Å². The molecule has 1 saturated heterocycles. The molecule has 1 fully saturated rings. The van der Waals surface area contributed by atoms with Crippen molar-refractivity contribution < 1.29 is 4.79 Å². The second-order valence-electron chi connectivity index (χ2n) is 7.87. The third-order valence-corrected chi connectivity index (χ3v) is 7.71. The van der Waals surface area contributed by atoms with Crippen molar-refractivity contribution in [1.29, 1.82) is 0 Å². The maximum absolute atomic E-state index is 13.1. The lowest BCUT2D eigenvalue weighted by atomic mass is 10.0. The molecule has 1 aromatic heterocycles. The second kappa shape index (κ2) is 9.33. The fourth-order valence-corrected chi connectivity index (χ4v) is 5.64. The van der Waals surface area contributed by atoms with Crippen LogP contribution in [0.2, 0.25) is 10.0 Å². The molecule has 0 aliphatic carbocycles. The number of hydrogen-bond donors (Lipinski definition) is 1. The molecule has 0 radical (unpaired) electrons. The molecule has 4 nitrogen and oxygen atoms in total. The number of halogens is 2. The molecule has 4 rings (SSSR count). The third kappa shape index (κ3) is 4.82. The van der Waals surface area contributed by atoms with E-state index in [9.17, 15) is 4.79 Å². The van der Waals surface area contributed by atoms with Crippen LogP contribution in [0.15, 0.2) is 42.5 Å². The van der Waals surface area contributed by atoms with Crippen molar-refractivity contribution in [2.45, 2.75) is 19.8 Å². The van der Waals surface area contributed by atoms with Gasteiger partial charge in [0.1, 0.15) is 4.88 Å². The van der Waals surface area contributed by atoms with Gasteiger partial charge in [-0.25, -0.2) is 0 Å². The zero-order chi connectivity index (χ0) is 22.1. The maximum Gasteiger partial charge on any atom is 0.265 e. The maximum atomic E-state index is 13.1. The molecular formula is C23H23Cl2N3OS2. The van der Waals surface area contributed by atoms with Crippen molar-refractivity contribution in [3.05, 3.63) is 63.0 Å². The number of rotatable bonds is 3. The van der Waals surface area contributed by atoms with Gasteiger partial charge < -0.3 is 15.1 Å². The Morgan fingerprint density at radius 3 is 2.32 bits per heavy atom. The number of fused-ring (bicyclic) bond motifs is 1. The fraction of sp³-hybridized carbons (Fsp3) is 0.304. The summed E-state index contributed by atoms with van der Waals surface area (Å²) in [5.74, 6) is 0.461. The summed E-state index contributed by atoms with van der Waals surface area (Å²) < 4.78 is 0.924. The van der Waals surface area contributed by atoms with E-state index in [0.717, 1.165) is 15.8 Å². The monoisotopic (exact) mass is 491 g/mol. The minimum absolute atomic E-state index is 0.0369. The van der Waals surface area contributed by atoms with E-state index in [2.05, 4.69) is 48.3 Å². The first kappa shape index (κ1) is 22.3. The normalized spacial score (nSPS) is 14.4. The first-order chi connectivity index (χ1) is 14.8. The summed E-state index contributed by atoms with van der Waals surface area (Å²) >= 11 is 19.6. The highest BCUT2D eigenvalue weighted by atomic mass is 35.5. The highest BCUT2D eigenvalue weighted by molar-refractivity contribution is 7.80. The minimum atomic E-state index is -0.0369. The fourth-order valence-electron chi connectivity index (χ4n) is 3.59. The molecule has 31 heavy (non-hydrogen) atoms. The lowest BCUT2D eigenvalue weighted by Crippen LogP contribution is -2.51. The van der Waals surface area contributed by atoms with E-state index in [1.54, 1.807) is 6.07 Å². The minimum Gasteiger partial charge on any atom is -0.345 e. The standard InChI is InChI=1S/C23H23Cl2N3OS2/c1-14(2)15-3-6-17(7-4-15)26-23(30)28-11-9-27(10-12-28)22(29)21-20(25)18-8-5-16(24)13-19(18)31-21/h3-8,13-14H,9-12H2,1-2H3,(H,26,30). The Hall–Kier alpha value is -1.86. The Balaban J connectivity index is 1.37. The van der Waals surface area contributed by atoms with Crippen LogP contribution < -0.4 is 5.32 Å². The van der Waals surface area contributed by atoms with Gasteiger partial charge in [-0.3, -0.25) is 4.79 Å². The number of carbonyl (C=O) groups is 1. The van der Waals surface area contributed by atoms with E-state index < -0.39 is 0 Å². The van der Waals surface area contributed by atoms with E-state index in [4.69, 9.17) is 35.4 Å². The number of nitrogens with zero attached hydrogens (tertiary/aromatic N) is 2. The summed E-state index contributed by atoms with van der Waals surface area (Å²) in [5.41, 5.74) is 2.27. The summed E-state index contributed by atoms with van der Waals surface area (Å²) in [6, 6.07) is 13.8. The summed E-state index contributed by atoms with van der Waals surface area (Å²) in [5, 5.41) is 6.00. The molecule has 1 amide bonds. The SMILES string of the molecule is CC(C)c1ccc(NC(=S)N2CCN(C(=O)c3sc4cc(Cl)ccc4c3Cl)CC2)cc1. The van der Waals surface area contributed by atoms with Crippen LogP contribution in [0.5, 0.6) is 0 Å². The molecule has 0 unspecified atom stereocenters. The van der Waals surface area contributed by atoms with E-state index in [0.29, 0.717) is 52.1 Å². The van der Waals surface area contributed by atoms with Crippen molar-refractivity contribution in [2.75, 3.05) is 31.5 Å². The van der Waals surface area contributed by atoms with Gasteiger partial charge in [-0.2, -0.15) is 0 Å². The average Bonchev–Trinajstić information content (AvgIpc) is 3.09. The number of hydrogen-bond acceptors (Lipinski definition) is 3. The lowest BCUT2D eigenvalue weighted by Gasteiger charge is -2.36. The van der Waals surface area contributed by atoms with Crippen molar-refractivity contribution >= 4 is 73.5 Å². The van der Waals surface area contributed by atoms with Crippen LogP contribution in [-0.4, -0.2) is 47.0 Å². The summed E-state index contributed by atoms with van der Waals surface area (Å²) in [7, 11) is 0. The van der Waals surface area contributed by atoms with Crippen LogP contribution in [0.3, 0.4) is 0 Å². The van der Waals surface area contributed by atoms with Gasteiger partial charge in [0.2, 0.25) is 0 Å². The summed E-state index contributed by atoms with van der Waals surface area (Å²) in [6.45, 7) is 6.90. The summed E-state index contributed by atoms with van der Waals surface area (Å²) in [6.07, 6.45) is 0. The smallest absolute Gasteiger partial charge is 0.265 e. The Morgan fingerprint density at radius 1 is 1.03 bits per heavy atom. The van der Waals surface area contributed by atoms with Crippen molar-refractivity contribution in [3.63, 3.8) is 0 Å². The molecule has 1 aliphatic heterocycles. The predicted molar refractivity (Wildman–Crippen MR) is 136 cm³/mol. The van der Waals surface area contributed by atoms with Gasteiger partial charge in [0.15, 0.2) is 5.11 Å². The van der Waals surface area contributed by atoms with Crippen molar-refractivity contribution in [1.82, 2.24) is 9.80 Å². The molecule has 2 heterocycles. The third-order valence-electron chi connectivity index (χ3n) is 5.47. The zero-order valence-corrected chi connectivity index (χ0v) is 20.5. The molecule has 0 saturated carbocycles. The van der Waals surface area contributed by atoms with E-state index in [-0.39, 0.29) is 5.91 Å². The highest BCUT2D eigenvalue weighted by Gasteiger charge is 2.27. The van der Waals surface area contributed by atoms with E-state index >= 15 is 0 Å².